The summed E-state index contributed by atoms with van der Waals surface area (Å²) in [5.74, 6) is 0.236. The summed E-state index contributed by atoms with van der Waals surface area (Å²) in [6, 6.07) is 8.08. The molecule has 0 bridgehead atoms. The maximum atomic E-state index is 11.8. The lowest BCUT2D eigenvalue weighted by molar-refractivity contribution is -0.129. The quantitative estimate of drug-likeness (QED) is 0.930. The molecule has 1 aliphatic rings. The Bertz CT molecular complexity index is 404. The molecule has 2 rings (SSSR count). The molecule has 0 aliphatic carbocycles. The highest BCUT2D eigenvalue weighted by Crippen LogP contribution is 2.28. The van der Waals surface area contributed by atoms with Gasteiger partial charge in [-0.15, -0.1) is 0 Å². The maximum Gasteiger partial charge on any atom is 0.223 e. The molecule has 0 spiro atoms. The van der Waals surface area contributed by atoms with Gasteiger partial charge in [0.15, 0.2) is 0 Å². The third kappa shape index (κ3) is 2.69. The molecule has 1 aliphatic heterocycles. The number of aliphatic hydroxyl groups excluding tert-OH is 1. The van der Waals surface area contributed by atoms with E-state index in [-0.39, 0.29) is 24.5 Å². The fraction of sp³-hybridized carbons (Fsp3) is 0.462. The van der Waals surface area contributed by atoms with Crippen LogP contribution >= 0.6 is 15.9 Å². The molecule has 92 valence electrons. The third-order valence-electron chi connectivity index (χ3n) is 3.32. The molecule has 4 heteroatoms. The van der Waals surface area contributed by atoms with E-state index in [0.717, 1.165) is 10.0 Å². The van der Waals surface area contributed by atoms with Gasteiger partial charge in [0.1, 0.15) is 0 Å². The van der Waals surface area contributed by atoms with Gasteiger partial charge in [-0.1, -0.05) is 28.1 Å². The van der Waals surface area contributed by atoms with Gasteiger partial charge >= 0.3 is 0 Å². The van der Waals surface area contributed by atoms with Gasteiger partial charge in [0.2, 0.25) is 5.91 Å². The van der Waals surface area contributed by atoms with Crippen molar-refractivity contribution in [1.29, 1.82) is 0 Å². The largest absolute Gasteiger partial charge is 0.396 e. The van der Waals surface area contributed by atoms with Crippen LogP contribution in [0.5, 0.6) is 0 Å². The molecule has 1 saturated heterocycles. The summed E-state index contributed by atoms with van der Waals surface area (Å²) in [6.45, 7) is 2.78. The van der Waals surface area contributed by atoms with Crippen LogP contribution in [0.25, 0.3) is 0 Å². The maximum absolute atomic E-state index is 11.8. The highest BCUT2D eigenvalue weighted by molar-refractivity contribution is 9.10. The van der Waals surface area contributed by atoms with Crippen LogP contribution < -0.4 is 0 Å². The van der Waals surface area contributed by atoms with Crippen LogP contribution in [-0.4, -0.2) is 29.1 Å². The zero-order chi connectivity index (χ0) is 12.4. The molecule has 1 amide bonds. The van der Waals surface area contributed by atoms with Crippen LogP contribution in [0.1, 0.15) is 24.9 Å². The average Bonchev–Trinajstić information content (AvgIpc) is 2.71. The van der Waals surface area contributed by atoms with Gasteiger partial charge in [0, 0.05) is 30.0 Å². The fourth-order valence-electron chi connectivity index (χ4n) is 2.23. The summed E-state index contributed by atoms with van der Waals surface area (Å²) in [4.78, 5) is 13.7. The van der Waals surface area contributed by atoms with Crippen molar-refractivity contribution in [2.45, 2.75) is 19.4 Å². The van der Waals surface area contributed by atoms with Crippen LogP contribution in [0.2, 0.25) is 0 Å². The third-order valence-corrected chi connectivity index (χ3v) is 3.85. The molecule has 1 aromatic carbocycles. The van der Waals surface area contributed by atoms with Crippen LogP contribution in [0, 0.1) is 5.92 Å². The minimum absolute atomic E-state index is 0.0761. The van der Waals surface area contributed by atoms with Gasteiger partial charge in [-0.25, -0.2) is 0 Å². The summed E-state index contributed by atoms with van der Waals surface area (Å²) < 4.78 is 1.04. The fourth-order valence-corrected chi connectivity index (χ4v) is 2.49. The molecular formula is C13H16BrNO2. The standard InChI is InChI=1S/C13H16BrNO2/c1-9(11-2-4-12(14)5-3-11)15-7-10(8-16)6-13(15)17/h2-5,9-10,16H,6-8H2,1H3. The van der Waals surface area contributed by atoms with Crippen LogP contribution in [-0.2, 0) is 4.79 Å². The highest BCUT2D eigenvalue weighted by Gasteiger charge is 2.32. The van der Waals surface area contributed by atoms with Gasteiger partial charge in [0.05, 0.1) is 6.04 Å². The Labute approximate surface area is 110 Å². The zero-order valence-electron chi connectivity index (χ0n) is 9.77. The molecule has 1 fully saturated rings. The SMILES string of the molecule is CC(c1ccc(Br)cc1)N1CC(CO)CC1=O. The van der Waals surface area contributed by atoms with Crippen LogP contribution in [0.4, 0.5) is 0 Å². The van der Waals surface area contributed by atoms with E-state index in [1.165, 1.54) is 0 Å². The first-order valence-electron chi connectivity index (χ1n) is 5.77. The lowest BCUT2D eigenvalue weighted by Crippen LogP contribution is -2.28. The lowest BCUT2D eigenvalue weighted by atomic mass is 10.1. The van der Waals surface area contributed by atoms with E-state index >= 15 is 0 Å². The predicted octanol–water partition coefficient (Wildman–Crippen LogP) is 2.35. The number of hydrogen-bond acceptors (Lipinski definition) is 2. The van der Waals surface area contributed by atoms with E-state index in [1.54, 1.807) is 0 Å². The van der Waals surface area contributed by atoms with Gasteiger partial charge in [-0.05, 0) is 24.6 Å². The van der Waals surface area contributed by atoms with E-state index in [4.69, 9.17) is 5.11 Å². The Balaban J connectivity index is 2.12. The number of benzene rings is 1. The minimum Gasteiger partial charge on any atom is -0.396 e. The normalized spacial score (nSPS) is 21.9. The lowest BCUT2D eigenvalue weighted by Gasteiger charge is -2.25. The van der Waals surface area contributed by atoms with Crippen molar-refractivity contribution >= 4 is 21.8 Å². The monoisotopic (exact) mass is 297 g/mol. The highest BCUT2D eigenvalue weighted by atomic mass is 79.9. The van der Waals surface area contributed by atoms with E-state index in [9.17, 15) is 4.79 Å². The molecule has 3 nitrogen and oxygen atoms in total. The van der Waals surface area contributed by atoms with Crippen LogP contribution in [0.15, 0.2) is 28.7 Å². The minimum atomic E-state index is 0.0761. The molecule has 2 unspecified atom stereocenters. The van der Waals surface area contributed by atoms with Gasteiger partial charge in [-0.3, -0.25) is 4.79 Å². The number of likely N-dealkylation sites (tertiary alicyclic amines) is 1. The number of halogens is 1. The summed E-state index contributed by atoms with van der Waals surface area (Å²) >= 11 is 3.40. The van der Waals surface area contributed by atoms with Gasteiger partial charge in [-0.2, -0.15) is 0 Å². The summed E-state index contributed by atoms with van der Waals surface area (Å²) in [7, 11) is 0. The summed E-state index contributed by atoms with van der Waals surface area (Å²) in [5, 5.41) is 9.11. The summed E-state index contributed by atoms with van der Waals surface area (Å²) in [6.07, 6.45) is 0.470. The first-order chi connectivity index (χ1) is 8.11. The second-order valence-electron chi connectivity index (χ2n) is 4.53. The van der Waals surface area contributed by atoms with E-state index in [0.29, 0.717) is 13.0 Å². The van der Waals surface area contributed by atoms with Gasteiger partial charge < -0.3 is 10.0 Å². The second kappa shape index (κ2) is 5.19. The molecule has 0 aromatic heterocycles. The molecular weight excluding hydrogens is 282 g/mol. The average molecular weight is 298 g/mol. The van der Waals surface area contributed by atoms with Gasteiger partial charge in [0.25, 0.3) is 0 Å². The Morgan fingerprint density at radius 2 is 2.12 bits per heavy atom. The van der Waals surface area contributed by atoms with Crippen molar-refractivity contribution in [3.05, 3.63) is 34.3 Å². The Hall–Kier alpha value is -0.870. The van der Waals surface area contributed by atoms with E-state index < -0.39 is 0 Å². The smallest absolute Gasteiger partial charge is 0.223 e. The number of hydrogen-bond donors (Lipinski definition) is 1. The Kier molecular flexibility index (Phi) is 3.84. The van der Waals surface area contributed by atoms with Crippen molar-refractivity contribution in [2.24, 2.45) is 5.92 Å². The molecule has 1 N–H and O–H groups in total. The number of carbonyl (C=O) groups is 1. The van der Waals surface area contributed by atoms with E-state index in [2.05, 4.69) is 15.9 Å². The number of aliphatic hydroxyl groups is 1. The van der Waals surface area contributed by atoms with Crippen molar-refractivity contribution in [3.63, 3.8) is 0 Å². The number of amides is 1. The van der Waals surface area contributed by atoms with Crippen molar-refractivity contribution in [2.75, 3.05) is 13.2 Å². The van der Waals surface area contributed by atoms with E-state index in [1.807, 2.05) is 36.1 Å². The van der Waals surface area contributed by atoms with Crippen LogP contribution in [0.3, 0.4) is 0 Å². The first-order valence-corrected chi connectivity index (χ1v) is 6.57. The number of nitrogens with zero attached hydrogens (tertiary/aromatic N) is 1. The molecule has 2 atom stereocenters. The second-order valence-corrected chi connectivity index (χ2v) is 5.44. The molecule has 0 radical (unpaired) electrons. The number of carbonyl (C=O) groups excluding carboxylic acids is 1. The molecule has 0 saturated carbocycles. The van der Waals surface area contributed by atoms with Crippen molar-refractivity contribution < 1.29 is 9.90 Å². The van der Waals surface area contributed by atoms with Crippen molar-refractivity contribution in [3.8, 4) is 0 Å². The zero-order valence-corrected chi connectivity index (χ0v) is 11.4. The van der Waals surface area contributed by atoms with Crippen molar-refractivity contribution in [1.82, 2.24) is 4.90 Å². The first kappa shape index (κ1) is 12.6. The summed E-state index contributed by atoms with van der Waals surface area (Å²) in [5.41, 5.74) is 1.13. The number of rotatable bonds is 3. The molecule has 17 heavy (non-hydrogen) atoms. The molecule has 1 heterocycles. The predicted molar refractivity (Wildman–Crippen MR) is 69.5 cm³/mol. The topological polar surface area (TPSA) is 40.5 Å². The molecule has 1 aromatic rings. The Morgan fingerprint density at radius 1 is 1.47 bits per heavy atom. The Morgan fingerprint density at radius 3 is 2.65 bits per heavy atom.